The lowest BCUT2D eigenvalue weighted by molar-refractivity contribution is -0.142. The van der Waals surface area contributed by atoms with Gasteiger partial charge in [-0.3, -0.25) is 9.10 Å². The molecule has 7 nitrogen and oxygen atoms in total. The molecule has 0 aromatic heterocycles. The number of aliphatic carboxylic acids is 1. The lowest BCUT2D eigenvalue weighted by atomic mass is 9.88. The number of benzene rings is 3. The number of fused-ring (bicyclic) bond motifs is 2. The Hall–Kier alpha value is -3.59. The molecule has 0 saturated heterocycles. The third-order valence-corrected chi connectivity index (χ3v) is 8.94. The Kier molecular flexibility index (Phi) is 6.12. The summed E-state index contributed by atoms with van der Waals surface area (Å²) in [6.07, 6.45) is 1.73. The summed E-state index contributed by atoms with van der Waals surface area (Å²) in [4.78, 5) is 11.8. The van der Waals surface area contributed by atoms with E-state index in [0.717, 1.165) is 40.9 Å². The molecule has 0 bridgehead atoms. The maximum atomic E-state index is 14.0. The SMILES string of the molecule is COc1cc(S(=O)(=O)N2c3cc(OC4CCc5ccccc54)ccc3C[C@@H](C(=O)O)[C@H]2C)ccc1F. The molecule has 1 aliphatic carbocycles. The predicted octanol–water partition coefficient (Wildman–Crippen LogP) is 4.74. The minimum atomic E-state index is -4.27. The van der Waals surface area contributed by atoms with Gasteiger partial charge in [0.05, 0.1) is 29.7 Å². The number of hydrogen-bond donors (Lipinski definition) is 1. The third-order valence-electron chi connectivity index (χ3n) is 7.04. The summed E-state index contributed by atoms with van der Waals surface area (Å²) in [5.74, 6) is -2.46. The van der Waals surface area contributed by atoms with Crippen molar-refractivity contribution in [3.05, 3.63) is 83.2 Å². The highest BCUT2D eigenvalue weighted by atomic mass is 32.2. The number of carbonyl (C=O) groups is 1. The van der Waals surface area contributed by atoms with Crippen molar-refractivity contribution in [1.29, 1.82) is 0 Å². The second kappa shape index (κ2) is 9.13. The van der Waals surface area contributed by atoms with Crippen molar-refractivity contribution in [3.63, 3.8) is 0 Å². The third kappa shape index (κ3) is 4.07. The normalized spacial score (nSPS) is 21.0. The fraction of sp³-hybridized carbons (Fsp3) is 0.296. The van der Waals surface area contributed by atoms with Gasteiger partial charge in [-0.1, -0.05) is 30.3 Å². The molecule has 2 aliphatic rings. The average Bonchev–Trinajstić information content (AvgIpc) is 3.26. The van der Waals surface area contributed by atoms with Gasteiger partial charge in [-0.05, 0) is 61.1 Å². The smallest absolute Gasteiger partial charge is 0.308 e. The Morgan fingerprint density at radius 1 is 1.08 bits per heavy atom. The van der Waals surface area contributed by atoms with Crippen molar-refractivity contribution < 1.29 is 32.2 Å². The van der Waals surface area contributed by atoms with Crippen LogP contribution in [0.3, 0.4) is 0 Å². The highest BCUT2D eigenvalue weighted by Gasteiger charge is 2.42. The summed E-state index contributed by atoms with van der Waals surface area (Å²) in [5.41, 5.74) is 3.27. The summed E-state index contributed by atoms with van der Waals surface area (Å²) in [6.45, 7) is 1.57. The van der Waals surface area contributed by atoms with Crippen molar-refractivity contribution in [2.45, 2.75) is 43.2 Å². The van der Waals surface area contributed by atoms with Crippen LogP contribution in [-0.4, -0.2) is 32.6 Å². The Morgan fingerprint density at radius 3 is 2.61 bits per heavy atom. The summed E-state index contributed by atoms with van der Waals surface area (Å²) in [6, 6.07) is 15.6. The van der Waals surface area contributed by atoms with Crippen LogP contribution in [0.25, 0.3) is 0 Å². The van der Waals surface area contributed by atoms with Gasteiger partial charge in [0.25, 0.3) is 10.0 Å². The number of aryl methyl sites for hydroxylation is 1. The number of anilines is 1. The van der Waals surface area contributed by atoms with Crippen molar-refractivity contribution in [2.24, 2.45) is 5.92 Å². The van der Waals surface area contributed by atoms with Gasteiger partial charge in [0.1, 0.15) is 11.9 Å². The standard InChI is InChI=1S/C27H26FNO6S/c1-16-22(27(30)31)13-18-7-9-19(35-25-12-8-17-5-3-4-6-21(17)25)14-24(18)29(16)36(32,33)20-10-11-23(28)26(15-20)34-2/h3-7,9-11,14-16,22,25H,8,12-13H2,1-2H3,(H,30,31)/t16-,22-,25?/m1/s1. The van der Waals surface area contributed by atoms with E-state index in [-0.39, 0.29) is 23.2 Å². The largest absolute Gasteiger partial charge is 0.494 e. The number of nitrogens with zero attached hydrogens (tertiary/aromatic N) is 1. The van der Waals surface area contributed by atoms with Gasteiger partial charge in [0.15, 0.2) is 11.6 Å². The molecule has 9 heteroatoms. The highest BCUT2D eigenvalue weighted by Crippen LogP contribution is 2.42. The van der Waals surface area contributed by atoms with E-state index in [9.17, 15) is 22.7 Å². The van der Waals surface area contributed by atoms with Crippen LogP contribution < -0.4 is 13.8 Å². The van der Waals surface area contributed by atoms with Gasteiger partial charge in [-0.25, -0.2) is 12.8 Å². The molecule has 0 amide bonds. The van der Waals surface area contributed by atoms with Crippen molar-refractivity contribution in [3.8, 4) is 11.5 Å². The van der Waals surface area contributed by atoms with Crippen LogP contribution in [0.1, 0.15) is 36.1 Å². The number of hydrogen-bond acceptors (Lipinski definition) is 5. The molecule has 188 valence electrons. The molecule has 1 N–H and O–H groups in total. The first kappa shape index (κ1) is 24.1. The Morgan fingerprint density at radius 2 is 1.86 bits per heavy atom. The number of ether oxygens (including phenoxy) is 2. The Balaban J connectivity index is 1.57. The lowest BCUT2D eigenvalue weighted by Gasteiger charge is -2.39. The van der Waals surface area contributed by atoms with Gasteiger partial charge in [0, 0.05) is 12.1 Å². The fourth-order valence-corrected chi connectivity index (χ4v) is 6.88. The molecule has 0 radical (unpaired) electrons. The van der Waals surface area contributed by atoms with Crippen molar-refractivity contribution in [1.82, 2.24) is 0 Å². The van der Waals surface area contributed by atoms with E-state index in [1.165, 1.54) is 12.7 Å². The van der Waals surface area contributed by atoms with E-state index in [1.807, 2.05) is 18.2 Å². The maximum absolute atomic E-state index is 14.0. The molecule has 1 unspecified atom stereocenters. The molecule has 1 heterocycles. The second-order valence-corrected chi connectivity index (χ2v) is 10.9. The minimum Gasteiger partial charge on any atom is -0.494 e. The van der Waals surface area contributed by atoms with Gasteiger partial charge >= 0.3 is 5.97 Å². The topological polar surface area (TPSA) is 93.1 Å². The van der Waals surface area contributed by atoms with Gasteiger partial charge in [-0.15, -0.1) is 0 Å². The van der Waals surface area contributed by atoms with Crippen LogP contribution in [0.15, 0.2) is 65.6 Å². The van der Waals surface area contributed by atoms with Crippen LogP contribution in [0, 0.1) is 11.7 Å². The van der Waals surface area contributed by atoms with Crippen molar-refractivity contribution in [2.75, 3.05) is 11.4 Å². The molecular formula is C27H26FNO6S. The molecule has 0 spiro atoms. The van der Waals surface area contributed by atoms with E-state index in [0.29, 0.717) is 17.0 Å². The molecule has 36 heavy (non-hydrogen) atoms. The van der Waals surface area contributed by atoms with E-state index >= 15 is 0 Å². The molecular weight excluding hydrogens is 485 g/mol. The lowest BCUT2D eigenvalue weighted by Crippen LogP contribution is -2.49. The first-order chi connectivity index (χ1) is 17.2. The number of carboxylic acids is 1. The second-order valence-electron chi connectivity index (χ2n) is 9.12. The molecule has 0 fully saturated rings. The van der Waals surface area contributed by atoms with Gasteiger partial charge in [0.2, 0.25) is 0 Å². The van der Waals surface area contributed by atoms with Crippen LogP contribution in [-0.2, 0) is 27.7 Å². The van der Waals surface area contributed by atoms with Crippen LogP contribution in [0.5, 0.6) is 11.5 Å². The zero-order valence-electron chi connectivity index (χ0n) is 19.8. The number of sulfonamides is 1. The average molecular weight is 512 g/mol. The molecule has 3 aromatic rings. The number of carboxylic acid groups (broad SMARTS) is 1. The van der Waals surface area contributed by atoms with Gasteiger partial charge < -0.3 is 14.6 Å². The molecule has 1 aliphatic heterocycles. The van der Waals surface area contributed by atoms with Crippen LogP contribution >= 0.6 is 0 Å². The monoisotopic (exact) mass is 511 g/mol. The maximum Gasteiger partial charge on any atom is 0.308 e. The Labute approximate surface area is 209 Å². The van der Waals surface area contributed by atoms with Gasteiger partial charge in [-0.2, -0.15) is 0 Å². The molecule has 5 rings (SSSR count). The van der Waals surface area contributed by atoms with Crippen LogP contribution in [0.4, 0.5) is 10.1 Å². The zero-order valence-corrected chi connectivity index (χ0v) is 20.7. The van der Waals surface area contributed by atoms with Crippen molar-refractivity contribution >= 4 is 21.7 Å². The molecule has 3 aromatic carbocycles. The minimum absolute atomic E-state index is 0.154. The number of rotatable bonds is 6. The molecule has 3 atom stereocenters. The highest BCUT2D eigenvalue weighted by molar-refractivity contribution is 7.92. The summed E-state index contributed by atoms with van der Waals surface area (Å²) < 4.78 is 54.1. The number of halogens is 1. The first-order valence-corrected chi connectivity index (χ1v) is 13.1. The van der Waals surface area contributed by atoms with E-state index in [1.54, 1.807) is 25.1 Å². The van der Waals surface area contributed by atoms with Crippen LogP contribution in [0.2, 0.25) is 0 Å². The molecule has 0 saturated carbocycles. The van der Waals surface area contributed by atoms with E-state index in [2.05, 4.69) is 6.07 Å². The van der Waals surface area contributed by atoms with E-state index in [4.69, 9.17) is 9.47 Å². The quantitative estimate of drug-likeness (QED) is 0.514. The summed E-state index contributed by atoms with van der Waals surface area (Å²) >= 11 is 0. The summed E-state index contributed by atoms with van der Waals surface area (Å²) in [7, 11) is -3.02. The van der Waals surface area contributed by atoms with E-state index < -0.39 is 33.8 Å². The summed E-state index contributed by atoms with van der Waals surface area (Å²) in [5, 5.41) is 9.83. The fourth-order valence-electron chi connectivity index (χ4n) is 5.15. The zero-order chi connectivity index (χ0) is 25.6. The first-order valence-electron chi connectivity index (χ1n) is 11.7. The Bertz CT molecular complexity index is 1440. The predicted molar refractivity (Wildman–Crippen MR) is 131 cm³/mol. The number of methoxy groups -OCH3 is 1.